The normalized spacial score (nSPS) is 14.1. The van der Waals surface area contributed by atoms with E-state index in [-0.39, 0.29) is 5.69 Å². The molecular weight excluding hydrogens is 258 g/mol. The third-order valence-electron chi connectivity index (χ3n) is 3.19. The highest BCUT2D eigenvalue weighted by molar-refractivity contribution is 5.46. The summed E-state index contributed by atoms with van der Waals surface area (Å²) in [6.45, 7) is 8.04. The highest BCUT2D eigenvalue weighted by atomic mass is 16.6. The molecule has 0 aliphatic carbocycles. The van der Waals surface area contributed by atoms with Gasteiger partial charge in [-0.15, -0.1) is 0 Å². The van der Waals surface area contributed by atoms with Gasteiger partial charge in [-0.1, -0.05) is 13.8 Å². The molecule has 6 heteroatoms. The van der Waals surface area contributed by atoms with Crippen molar-refractivity contribution < 1.29 is 10.0 Å². The van der Waals surface area contributed by atoms with Crippen LogP contribution in [0.5, 0.6) is 0 Å². The fourth-order valence-electron chi connectivity index (χ4n) is 1.81. The van der Waals surface area contributed by atoms with Gasteiger partial charge in [0.05, 0.1) is 10.5 Å². The van der Waals surface area contributed by atoms with E-state index in [9.17, 15) is 15.2 Å². The molecule has 0 saturated heterocycles. The quantitative estimate of drug-likeness (QED) is 0.592. The Balaban J connectivity index is 2.61. The molecule has 0 amide bonds. The molecule has 0 fully saturated rings. The highest BCUT2D eigenvalue weighted by Crippen LogP contribution is 2.21. The summed E-state index contributed by atoms with van der Waals surface area (Å²) < 4.78 is 0. The number of aryl methyl sites for hydroxylation is 1. The van der Waals surface area contributed by atoms with Crippen LogP contribution in [0, 0.1) is 23.0 Å². The van der Waals surface area contributed by atoms with Crippen LogP contribution in [0.25, 0.3) is 0 Å². The fourth-order valence-corrected chi connectivity index (χ4v) is 1.81. The molecule has 0 spiro atoms. The summed E-state index contributed by atoms with van der Waals surface area (Å²) in [5.74, 6) is 1.08. The van der Waals surface area contributed by atoms with Crippen LogP contribution in [-0.4, -0.2) is 27.2 Å². The van der Waals surface area contributed by atoms with E-state index in [1.165, 1.54) is 6.20 Å². The predicted molar refractivity (Wildman–Crippen MR) is 78.8 cm³/mol. The Morgan fingerprint density at radius 3 is 2.70 bits per heavy atom. The minimum atomic E-state index is -0.818. The Labute approximate surface area is 119 Å². The first-order valence-electron chi connectivity index (χ1n) is 6.78. The topological polar surface area (TPSA) is 88.3 Å². The number of hydrogen-bond acceptors (Lipinski definition) is 5. The Kier molecular flexibility index (Phi) is 5.44. The molecule has 1 unspecified atom stereocenters. The zero-order chi connectivity index (χ0) is 15.3. The first kappa shape index (κ1) is 16.4. The van der Waals surface area contributed by atoms with Crippen LogP contribution in [0.15, 0.2) is 12.3 Å². The second-order valence-corrected chi connectivity index (χ2v) is 5.90. The molecule has 0 aliphatic heterocycles. The Hall–Kier alpha value is -1.69. The van der Waals surface area contributed by atoms with Gasteiger partial charge >= 0.3 is 0 Å². The van der Waals surface area contributed by atoms with Crippen LogP contribution < -0.4 is 5.32 Å². The van der Waals surface area contributed by atoms with Gasteiger partial charge in [0.1, 0.15) is 12.0 Å². The summed E-state index contributed by atoms with van der Waals surface area (Å²) >= 11 is 0. The SMILES string of the molecule is Cc1cc(NCC(C)(O)CCC(C)C)ncc1[N+](=O)[O-]. The summed E-state index contributed by atoms with van der Waals surface area (Å²) in [4.78, 5) is 14.2. The maximum Gasteiger partial charge on any atom is 0.290 e. The molecule has 1 aromatic rings. The third kappa shape index (κ3) is 5.13. The van der Waals surface area contributed by atoms with Crippen molar-refractivity contribution >= 4 is 11.5 Å². The molecule has 20 heavy (non-hydrogen) atoms. The number of anilines is 1. The molecule has 0 bridgehead atoms. The summed E-state index contributed by atoms with van der Waals surface area (Å²) in [6, 6.07) is 1.62. The summed E-state index contributed by atoms with van der Waals surface area (Å²) in [5, 5.41) is 24.0. The fraction of sp³-hybridized carbons (Fsp3) is 0.643. The van der Waals surface area contributed by atoms with E-state index in [1.54, 1.807) is 19.9 Å². The Morgan fingerprint density at radius 2 is 2.20 bits per heavy atom. The highest BCUT2D eigenvalue weighted by Gasteiger charge is 2.21. The van der Waals surface area contributed by atoms with Gasteiger partial charge in [-0.25, -0.2) is 4.98 Å². The number of aromatic nitrogens is 1. The Bertz CT molecular complexity index is 473. The molecule has 1 atom stereocenters. The molecule has 112 valence electrons. The van der Waals surface area contributed by atoms with Crippen molar-refractivity contribution in [3.63, 3.8) is 0 Å². The van der Waals surface area contributed by atoms with E-state index >= 15 is 0 Å². The van der Waals surface area contributed by atoms with Crippen LogP contribution >= 0.6 is 0 Å². The average molecular weight is 281 g/mol. The number of rotatable bonds is 7. The molecule has 0 aromatic carbocycles. The van der Waals surface area contributed by atoms with E-state index in [1.807, 2.05) is 0 Å². The van der Waals surface area contributed by atoms with E-state index in [4.69, 9.17) is 0 Å². The van der Waals surface area contributed by atoms with Crippen molar-refractivity contribution in [1.82, 2.24) is 4.98 Å². The number of nitrogens with zero attached hydrogens (tertiary/aromatic N) is 2. The molecular formula is C14H23N3O3. The number of hydrogen-bond donors (Lipinski definition) is 2. The van der Waals surface area contributed by atoms with Crippen molar-refractivity contribution in [3.8, 4) is 0 Å². The van der Waals surface area contributed by atoms with Crippen molar-refractivity contribution in [3.05, 3.63) is 27.9 Å². The van der Waals surface area contributed by atoms with Crippen LogP contribution in [-0.2, 0) is 0 Å². The zero-order valence-corrected chi connectivity index (χ0v) is 12.5. The average Bonchev–Trinajstić information content (AvgIpc) is 2.34. The van der Waals surface area contributed by atoms with Crippen LogP contribution in [0.3, 0.4) is 0 Å². The van der Waals surface area contributed by atoms with Gasteiger partial charge in [0.15, 0.2) is 0 Å². The Morgan fingerprint density at radius 1 is 1.55 bits per heavy atom. The first-order chi connectivity index (χ1) is 9.21. The molecule has 0 saturated carbocycles. The summed E-state index contributed by atoms with van der Waals surface area (Å²) in [7, 11) is 0. The van der Waals surface area contributed by atoms with Gasteiger partial charge in [0.2, 0.25) is 0 Å². The van der Waals surface area contributed by atoms with Gasteiger partial charge in [-0.3, -0.25) is 10.1 Å². The summed E-state index contributed by atoms with van der Waals surface area (Å²) in [6.07, 6.45) is 2.88. The van der Waals surface area contributed by atoms with E-state index < -0.39 is 10.5 Å². The minimum absolute atomic E-state index is 0.00196. The number of nitrogens with one attached hydrogen (secondary N) is 1. The van der Waals surface area contributed by atoms with Gasteiger partial charge in [-0.05, 0) is 38.7 Å². The van der Waals surface area contributed by atoms with Crippen LogP contribution in [0.4, 0.5) is 11.5 Å². The zero-order valence-electron chi connectivity index (χ0n) is 12.5. The lowest BCUT2D eigenvalue weighted by Gasteiger charge is -2.24. The van der Waals surface area contributed by atoms with Crippen molar-refractivity contribution in [2.45, 2.75) is 46.1 Å². The monoisotopic (exact) mass is 281 g/mol. The lowest BCUT2D eigenvalue weighted by atomic mass is 9.95. The van der Waals surface area contributed by atoms with Crippen molar-refractivity contribution in [2.75, 3.05) is 11.9 Å². The van der Waals surface area contributed by atoms with Crippen LogP contribution in [0.2, 0.25) is 0 Å². The largest absolute Gasteiger partial charge is 0.388 e. The van der Waals surface area contributed by atoms with Crippen LogP contribution in [0.1, 0.15) is 39.2 Å². The molecule has 1 heterocycles. The van der Waals surface area contributed by atoms with Crippen molar-refractivity contribution in [1.29, 1.82) is 0 Å². The van der Waals surface area contributed by atoms with Gasteiger partial charge < -0.3 is 10.4 Å². The lowest BCUT2D eigenvalue weighted by molar-refractivity contribution is -0.385. The van der Waals surface area contributed by atoms with Gasteiger partial charge in [0, 0.05) is 12.1 Å². The second-order valence-electron chi connectivity index (χ2n) is 5.90. The van der Waals surface area contributed by atoms with Gasteiger partial charge in [-0.2, -0.15) is 0 Å². The maximum absolute atomic E-state index is 10.7. The predicted octanol–water partition coefficient (Wildman–Crippen LogP) is 2.90. The molecule has 2 N–H and O–H groups in total. The number of nitro groups is 1. The summed E-state index contributed by atoms with van der Waals surface area (Å²) in [5.41, 5.74) is -0.266. The second kappa shape index (κ2) is 6.65. The maximum atomic E-state index is 10.7. The third-order valence-corrected chi connectivity index (χ3v) is 3.19. The van der Waals surface area contributed by atoms with Gasteiger partial charge in [0.25, 0.3) is 5.69 Å². The molecule has 6 nitrogen and oxygen atoms in total. The standard InChI is InChI=1S/C14H23N3O3/c1-10(2)5-6-14(4,18)9-16-13-7-11(3)12(8-15-13)17(19)20/h7-8,10,18H,5-6,9H2,1-4H3,(H,15,16). The number of aliphatic hydroxyl groups is 1. The number of pyridine rings is 1. The first-order valence-corrected chi connectivity index (χ1v) is 6.78. The minimum Gasteiger partial charge on any atom is -0.388 e. The van der Waals surface area contributed by atoms with E-state index in [0.717, 1.165) is 6.42 Å². The molecule has 1 rings (SSSR count). The molecule has 0 radical (unpaired) electrons. The molecule has 0 aliphatic rings. The smallest absolute Gasteiger partial charge is 0.290 e. The van der Waals surface area contributed by atoms with E-state index in [0.29, 0.717) is 30.3 Å². The lowest BCUT2D eigenvalue weighted by Crippen LogP contribution is -2.34. The van der Waals surface area contributed by atoms with Crippen molar-refractivity contribution in [2.24, 2.45) is 5.92 Å². The molecule has 1 aromatic heterocycles. The van der Waals surface area contributed by atoms with E-state index in [2.05, 4.69) is 24.1 Å².